The molecule has 0 aliphatic rings. The van der Waals surface area contributed by atoms with Gasteiger partial charge < -0.3 is 15.5 Å². The number of phenolic OH excluding ortho intramolecular Hbond substituents is 1. The normalized spacial score (nSPS) is 11.6. The van der Waals surface area contributed by atoms with Crippen molar-refractivity contribution in [1.29, 1.82) is 0 Å². The van der Waals surface area contributed by atoms with Gasteiger partial charge in [-0.05, 0) is 26.0 Å². The van der Waals surface area contributed by atoms with Crippen LogP contribution in [0.3, 0.4) is 0 Å². The van der Waals surface area contributed by atoms with Crippen LogP contribution in [0, 0.1) is 0 Å². The molecule has 0 saturated heterocycles. The molecular weight excluding hydrogens is 222 g/mol. The van der Waals surface area contributed by atoms with E-state index in [-0.39, 0.29) is 16.9 Å². The summed E-state index contributed by atoms with van der Waals surface area (Å²) in [6.45, 7) is 2.79. The zero-order chi connectivity index (χ0) is 13.0. The third-order valence-corrected chi connectivity index (χ3v) is 2.33. The van der Waals surface area contributed by atoms with Crippen LogP contribution in [0.25, 0.3) is 0 Å². The smallest absolute Gasteiger partial charge is 0.331 e. The maximum atomic E-state index is 11.7. The Morgan fingerprint density at radius 3 is 2.35 bits per heavy atom. The van der Waals surface area contributed by atoms with E-state index in [2.05, 4.69) is 5.32 Å². The van der Waals surface area contributed by atoms with Crippen molar-refractivity contribution in [1.82, 2.24) is 0 Å². The molecule has 0 heterocycles. The molecule has 1 aromatic carbocycles. The Morgan fingerprint density at radius 1 is 1.18 bits per heavy atom. The Hall–Kier alpha value is -2.30. The number of carboxylic acid groups (broad SMARTS) is 1. The van der Waals surface area contributed by atoms with Crippen molar-refractivity contribution in [3.63, 3.8) is 0 Å². The molecule has 1 amide bonds. The van der Waals surface area contributed by atoms with Gasteiger partial charge in [0.2, 0.25) is 0 Å². The number of carbonyl (C=O) groups is 2. The summed E-state index contributed by atoms with van der Waals surface area (Å²) in [5.74, 6) is -1.61. The van der Waals surface area contributed by atoms with Crippen molar-refractivity contribution in [2.45, 2.75) is 13.8 Å². The zero-order valence-electron chi connectivity index (χ0n) is 9.52. The van der Waals surface area contributed by atoms with Crippen molar-refractivity contribution in [3.05, 3.63) is 35.4 Å². The number of rotatable bonds is 3. The van der Waals surface area contributed by atoms with E-state index < -0.39 is 11.9 Å². The largest absolute Gasteiger partial charge is 0.508 e. The number of nitrogens with one attached hydrogen (secondary N) is 1. The molecule has 90 valence electrons. The van der Waals surface area contributed by atoms with Crippen LogP contribution in [-0.2, 0) is 9.59 Å². The molecule has 0 spiro atoms. The minimum absolute atomic E-state index is 0.0114. The second kappa shape index (κ2) is 5.16. The van der Waals surface area contributed by atoms with Gasteiger partial charge in [-0.25, -0.2) is 4.79 Å². The first-order valence-electron chi connectivity index (χ1n) is 4.93. The van der Waals surface area contributed by atoms with Crippen molar-refractivity contribution in [2.75, 3.05) is 5.32 Å². The number of hydrogen-bond acceptors (Lipinski definition) is 3. The van der Waals surface area contributed by atoms with Crippen molar-refractivity contribution in [3.8, 4) is 5.75 Å². The monoisotopic (exact) mass is 235 g/mol. The molecule has 0 aliphatic heterocycles. The SMILES string of the molecule is CC(C(=O)O)=C(C)C(=O)Nc1cccc(O)c1. The Balaban J connectivity index is 2.87. The quantitative estimate of drug-likeness (QED) is 0.696. The number of anilines is 1. The van der Waals surface area contributed by atoms with Crippen LogP contribution in [0.2, 0.25) is 0 Å². The number of carbonyl (C=O) groups excluding carboxylic acids is 1. The van der Waals surface area contributed by atoms with Crippen LogP contribution >= 0.6 is 0 Å². The molecule has 0 atom stereocenters. The molecule has 5 nitrogen and oxygen atoms in total. The van der Waals surface area contributed by atoms with E-state index in [0.29, 0.717) is 5.69 Å². The lowest BCUT2D eigenvalue weighted by molar-refractivity contribution is -0.133. The first kappa shape index (κ1) is 12.8. The van der Waals surface area contributed by atoms with Crippen LogP contribution in [0.1, 0.15) is 13.8 Å². The van der Waals surface area contributed by atoms with Crippen LogP contribution in [-0.4, -0.2) is 22.1 Å². The predicted molar refractivity (Wildman–Crippen MR) is 62.7 cm³/mol. The summed E-state index contributed by atoms with van der Waals surface area (Å²) < 4.78 is 0. The second-order valence-corrected chi connectivity index (χ2v) is 3.56. The minimum Gasteiger partial charge on any atom is -0.508 e. The molecule has 0 radical (unpaired) electrons. The summed E-state index contributed by atoms with van der Waals surface area (Å²) in [6, 6.07) is 6.02. The highest BCUT2D eigenvalue weighted by molar-refractivity contribution is 6.08. The first-order valence-corrected chi connectivity index (χ1v) is 4.93. The van der Waals surface area contributed by atoms with Crippen LogP contribution in [0.4, 0.5) is 5.69 Å². The fourth-order valence-electron chi connectivity index (χ4n) is 1.14. The highest BCUT2D eigenvalue weighted by atomic mass is 16.4. The van der Waals surface area contributed by atoms with Gasteiger partial charge in [0.15, 0.2) is 0 Å². The fraction of sp³-hybridized carbons (Fsp3) is 0.167. The van der Waals surface area contributed by atoms with E-state index in [1.165, 1.54) is 26.0 Å². The number of aliphatic carboxylic acids is 1. The third kappa shape index (κ3) is 3.34. The Morgan fingerprint density at radius 2 is 1.82 bits per heavy atom. The second-order valence-electron chi connectivity index (χ2n) is 3.56. The average Bonchev–Trinajstić information content (AvgIpc) is 2.26. The molecule has 0 bridgehead atoms. The van der Waals surface area contributed by atoms with Crippen LogP contribution in [0.5, 0.6) is 5.75 Å². The van der Waals surface area contributed by atoms with E-state index in [1.807, 2.05) is 0 Å². The lowest BCUT2D eigenvalue weighted by Gasteiger charge is -2.07. The Labute approximate surface area is 98.4 Å². The standard InChI is InChI=1S/C12H13NO4/c1-7(8(2)12(16)17)11(15)13-9-4-3-5-10(14)6-9/h3-6,14H,1-2H3,(H,13,15)(H,16,17). The minimum atomic E-state index is -1.13. The highest BCUT2D eigenvalue weighted by Gasteiger charge is 2.12. The number of phenols is 1. The van der Waals surface area contributed by atoms with Gasteiger partial charge in [-0.1, -0.05) is 6.07 Å². The molecule has 1 rings (SSSR count). The van der Waals surface area contributed by atoms with Crippen LogP contribution in [0.15, 0.2) is 35.4 Å². The van der Waals surface area contributed by atoms with Gasteiger partial charge in [0, 0.05) is 22.9 Å². The molecule has 0 saturated carbocycles. The fourth-order valence-corrected chi connectivity index (χ4v) is 1.14. The van der Waals surface area contributed by atoms with E-state index in [9.17, 15) is 14.7 Å². The van der Waals surface area contributed by atoms with Crippen LogP contribution < -0.4 is 5.32 Å². The highest BCUT2D eigenvalue weighted by Crippen LogP contribution is 2.16. The molecule has 3 N–H and O–H groups in total. The summed E-state index contributed by atoms with van der Waals surface area (Å²) in [5.41, 5.74) is 0.524. The number of carboxylic acids is 1. The van der Waals surface area contributed by atoms with Gasteiger partial charge in [0.1, 0.15) is 5.75 Å². The maximum absolute atomic E-state index is 11.7. The van der Waals surface area contributed by atoms with Gasteiger partial charge in [0.05, 0.1) is 0 Å². The van der Waals surface area contributed by atoms with Gasteiger partial charge in [0.25, 0.3) is 5.91 Å². The number of amides is 1. The molecule has 1 aromatic rings. The number of benzene rings is 1. The summed E-state index contributed by atoms with van der Waals surface area (Å²) in [7, 11) is 0. The maximum Gasteiger partial charge on any atom is 0.331 e. The lowest BCUT2D eigenvalue weighted by Crippen LogP contribution is -2.16. The topological polar surface area (TPSA) is 86.6 Å². The number of hydrogen-bond donors (Lipinski definition) is 3. The van der Waals surface area contributed by atoms with Gasteiger partial charge in [-0.15, -0.1) is 0 Å². The van der Waals surface area contributed by atoms with E-state index in [1.54, 1.807) is 12.1 Å². The van der Waals surface area contributed by atoms with Gasteiger partial charge in [-0.2, -0.15) is 0 Å². The summed E-state index contributed by atoms with van der Waals surface area (Å²) in [4.78, 5) is 22.3. The lowest BCUT2D eigenvalue weighted by atomic mass is 10.1. The van der Waals surface area contributed by atoms with E-state index >= 15 is 0 Å². The summed E-state index contributed by atoms with van der Waals surface area (Å²) in [5, 5.41) is 20.4. The Bertz CT molecular complexity index is 491. The van der Waals surface area contributed by atoms with Gasteiger partial charge >= 0.3 is 5.97 Å². The molecule has 0 fully saturated rings. The zero-order valence-corrected chi connectivity index (χ0v) is 9.52. The predicted octanol–water partition coefficient (Wildman–Crippen LogP) is 1.75. The summed E-state index contributed by atoms with van der Waals surface area (Å²) in [6.07, 6.45) is 0. The van der Waals surface area contributed by atoms with Crippen molar-refractivity contribution >= 4 is 17.6 Å². The summed E-state index contributed by atoms with van der Waals surface area (Å²) >= 11 is 0. The molecule has 17 heavy (non-hydrogen) atoms. The molecule has 0 aromatic heterocycles. The number of aromatic hydroxyl groups is 1. The van der Waals surface area contributed by atoms with Crippen molar-refractivity contribution < 1.29 is 19.8 Å². The van der Waals surface area contributed by atoms with E-state index in [4.69, 9.17) is 5.11 Å². The molecule has 0 aliphatic carbocycles. The van der Waals surface area contributed by atoms with E-state index in [0.717, 1.165) is 0 Å². The molecular formula is C12H13NO4. The Kier molecular flexibility index (Phi) is 3.87. The average molecular weight is 235 g/mol. The van der Waals surface area contributed by atoms with Gasteiger partial charge in [-0.3, -0.25) is 4.79 Å². The van der Waals surface area contributed by atoms with Crippen molar-refractivity contribution in [2.24, 2.45) is 0 Å². The first-order chi connectivity index (χ1) is 7.91. The molecule has 5 heteroatoms. The molecule has 0 unspecified atom stereocenters. The third-order valence-electron chi connectivity index (χ3n) is 2.33.